The number of ether oxygens (including phenoxy) is 1. The number of carbonyl (C=O) groups is 1. The highest BCUT2D eigenvalue weighted by atomic mass is 32.1. The number of hydrogen-bond acceptors (Lipinski definition) is 7. The maximum Gasteiger partial charge on any atom is 0.230 e. The van der Waals surface area contributed by atoms with Crippen LogP contribution in [0.25, 0.3) is 10.9 Å². The molecular formula is C18H21FN6O2S. The molecule has 148 valence electrons. The van der Waals surface area contributed by atoms with Crippen LogP contribution in [0.15, 0.2) is 18.5 Å². The van der Waals surface area contributed by atoms with Gasteiger partial charge in [-0.25, -0.2) is 4.98 Å². The first-order chi connectivity index (χ1) is 13.4. The zero-order valence-corrected chi connectivity index (χ0v) is 16.7. The molecule has 28 heavy (non-hydrogen) atoms. The Morgan fingerprint density at radius 2 is 2.32 bits per heavy atom. The second-order valence-corrected chi connectivity index (χ2v) is 8.07. The molecule has 1 N–H and O–H groups in total. The smallest absolute Gasteiger partial charge is 0.230 e. The van der Waals surface area contributed by atoms with E-state index in [1.807, 2.05) is 13.1 Å². The van der Waals surface area contributed by atoms with Crippen LogP contribution < -0.4 is 10.1 Å². The molecular weight excluding hydrogens is 383 g/mol. The summed E-state index contributed by atoms with van der Waals surface area (Å²) in [5.74, 6) is -0.228. The van der Waals surface area contributed by atoms with Gasteiger partial charge in [0.25, 0.3) is 0 Å². The Bertz CT molecular complexity index is 1020. The number of nitrogens with zero attached hydrogens (tertiary/aromatic N) is 5. The first kappa shape index (κ1) is 18.8. The number of aryl methyl sites for hydroxylation is 1. The van der Waals surface area contributed by atoms with E-state index in [0.29, 0.717) is 23.8 Å². The zero-order chi connectivity index (χ0) is 19.8. The van der Waals surface area contributed by atoms with Crippen LogP contribution in [0.3, 0.4) is 0 Å². The van der Waals surface area contributed by atoms with Crippen molar-refractivity contribution in [3.05, 3.63) is 29.3 Å². The summed E-state index contributed by atoms with van der Waals surface area (Å²) in [6, 6.07) is 2.13. The minimum atomic E-state index is -0.535. The predicted molar refractivity (Wildman–Crippen MR) is 104 cm³/mol. The molecule has 0 aliphatic carbocycles. The lowest BCUT2D eigenvalue weighted by Gasteiger charge is -2.19. The molecule has 1 amide bonds. The highest BCUT2D eigenvalue weighted by Crippen LogP contribution is 2.30. The van der Waals surface area contributed by atoms with Gasteiger partial charge in [-0.05, 0) is 13.0 Å². The number of nitrogens with one attached hydrogen (secondary N) is 1. The second kappa shape index (κ2) is 7.44. The fourth-order valence-electron chi connectivity index (χ4n) is 3.48. The van der Waals surface area contributed by atoms with Gasteiger partial charge in [-0.3, -0.25) is 14.4 Å². The van der Waals surface area contributed by atoms with Crippen molar-refractivity contribution in [2.45, 2.75) is 39.0 Å². The summed E-state index contributed by atoms with van der Waals surface area (Å²) in [7, 11) is 1.88. The molecule has 0 aromatic carbocycles. The minimum absolute atomic E-state index is 0.0425. The van der Waals surface area contributed by atoms with E-state index < -0.39 is 5.95 Å². The first-order valence-electron chi connectivity index (χ1n) is 9.01. The molecule has 3 aromatic heterocycles. The maximum atomic E-state index is 14.1. The lowest BCUT2D eigenvalue weighted by Crippen LogP contribution is -2.28. The lowest BCUT2D eigenvalue weighted by molar-refractivity contribution is -0.114. The van der Waals surface area contributed by atoms with Crippen molar-refractivity contribution in [1.82, 2.24) is 24.6 Å². The van der Waals surface area contributed by atoms with E-state index in [1.165, 1.54) is 6.92 Å². The zero-order valence-electron chi connectivity index (χ0n) is 15.8. The van der Waals surface area contributed by atoms with Crippen LogP contribution in [0.4, 0.5) is 9.52 Å². The molecule has 3 aromatic rings. The Balaban J connectivity index is 1.45. The van der Waals surface area contributed by atoms with Crippen molar-refractivity contribution in [3.8, 4) is 5.88 Å². The Hall–Kier alpha value is -2.59. The number of likely N-dealkylation sites (tertiary alicyclic amines) is 1. The van der Waals surface area contributed by atoms with Gasteiger partial charge in [-0.15, -0.1) is 0 Å². The molecule has 1 aliphatic heterocycles. The quantitative estimate of drug-likeness (QED) is 0.704. The van der Waals surface area contributed by atoms with Crippen LogP contribution in [0, 0.1) is 5.95 Å². The summed E-state index contributed by atoms with van der Waals surface area (Å²) < 4.78 is 22.1. The summed E-state index contributed by atoms with van der Waals surface area (Å²) in [5, 5.41) is 7.95. The molecule has 10 heteroatoms. The summed E-state index contributed by atoms with van der Waals surface area (Å²) in [6.45, 7) is 4.55. The molecule has 0 saturated carbocycles. The molecule has 1 saturated heterocycles. The van der Waals surface area contributed by atoms with Crippen molar-refractivity contribution in [1.29, 1.82) is 0 Å². The number of carbonyl (C=O) groups excluding carboxylic acids is 1. The highest BCUT2D eigenvalue weighted by molar-refractivity contribution is 7.15. The van der Waals surface area contributed by atoms with E-state index in [4.69, 9.17) is 4.74 Å². The normalized spacial score (nSPS) is 20.0. The van der Waals surface area contributed by atoms with Gasteiger partial charge >= 0.3 is 0 Å². The minimum Gasteiger partial charge on any atom is -0.472 e. The van der Waals surface area contributed by atoms with Crippen molar-refractivity contribution in [2.24, 2.45) is 7.05 Å². The van der Waals surface area contributed by atoms with Crippen molar-refractivity contribution in [3.63, 3.8) is 0 Å². The largest absolute Gasteiger partial charge is 0.472 e. The number of anilines is 1. The number of hydrogen-bond donors (Lipinski definition) is 1. The number of halogens is 1. The van der Waals surface area contributed by atoms with E-state index in [1.54, 1.807) is 17.1 Å². The van der Waals surface area contributed by atoms with Crippen LogP contribution in [0.2, 0.25) is 0 Å². The summed E-state index contributed by atoms with van der Waals surface area (Å²) in [5.41, 5.74) is 0.963. The van der Waals surface area contributed by atoms with Crippen molar-refractivity contribution < 1.29 is 13.9 Å². The van der Waals surface area contributed by atoms with Gasteiger partial charge in [0.05, 0.1) is 22.0 Å². The summed E-state index contributed by atoms with van der Waals surface area (Å²) >= 11 is 1.16. The fourth-order valence-corrected chi connectivity index (χ4v) is 4.39. The molecule has 1 fully saturated rings. The average molecular weight is 404 g/mol. The molecule has 1 aliphatic rings. The number of pyridine rings is 1. The van der Waals surface area contributed by atoms with Gasteiger partial charge in [-0.1, -0.05) is 11.3 Å². The third-order valence-electron chi connectivity index (χ3n) is 4.86. The third kappa shape index (κ3) is 3.69. The van der Waals surface area contributed by atoms with E-state index in [-0.39, 0.29) is 23.2 Å². The van der Waals surface area contributed by atoms with Gasteiger partial charge < -0.3 is 10.1 Å². The molecule has 8 nitrogen and oxygen atoms in total. The number of fused-ring (bicyclic) bond motifs is 1. The number of amides is 1. The monoisotopic (exact) mass is 404 g/mol. The first-order valence-corrected chi connectivity index (χ1v) is 9.82. The van der Waals surface area contributed by atoms with Gasteiger partial charge in [0.15, 0.2) is 5.13 Å². The van der Waals surface area contributed by atoms with Gasteiger partial charge in [-0.2, -0.15) is 14.5 Å². The Labute approximate surface area is 165 Å². The SMILES string of the molecule is CC(=O)Nc1nc(F)c(CN2CC(Oc3nccc4c3cnn4C)CC2C)s1. The Kier molecular flexibility index (Phi) is 4.98. The number of rotatable bonds is 5. The maximum absolute atomic E-state index is 14.1. The average Bonchev–Trinajstić information content (AvgIpc) is 3.27. The van der Waals surface area contributed by atoms with Crippen LogP contribution >= 0.6 is 11.3 Å². The predicted octanol–water partition coefficient (Wildman–Crippen LogP) is 2.56. The Morgan fingerprint density at radius 3 is 3.11 bits per heavy atom. The molecule has 2 atom stereocenters. The van der Waals surface area contributed by atoms with Crippen molar-refractivity contribution >= 4 is 33.3 Å². The van der Waals surface area contributed by atoms with Crippen LogP contribution in [-0.2, 0) is 18.4 Å². The van der Waals surface area contributed by atoms with Gasteiger partial charge in [0.1, 0.15) is 6.10 Å². The Morgan fingerprint density at radius 1 is 1.50 bits per heavy atom. The lowest BCUT2D eigenvalue weighted by atomic mass is 10.2. The number of aromatic nitrogens is 4. The van der Waals surface area contributed by atoms with Crippen LogP contribution in [0.1, 0.15) is 25.1 Å². The summed E-state index contributed by atoms with van der Waals surface area (Å²) in [6.07, 6.45) is 4.24. The summed E-state index contributed by atoms with van der Waals surface area (Å²) in [4.78, 5) is 21.9. The highest BCUT2D eigenvalue weighted by Gasteiger charge is 2.32. The topological polar surface area (TPSA) is 85.2 Å². The van der Waals surface area contributed by atoms with Crippen LogP contribution in [-0.4, -0.2) is 49.2 Å². The molecule has 4 rings (SSSR count). The van der Waals surface area contributed by atoms with Crippen LogP contribution in [0.5, 0.6) is 5.88 Å². The van der Waals surface area contributed by atoms with E-state index >= 15 is 0 Å². The van der Waals surface area contributed by atoms with Gasteiger partial charge in [0.2, 0.25) is 17.7 Å². The van der Waals surface area contributed by atoms with E-state index in [2.05, 4.69) is 32.2 Å². The molecule has 4 heterocycles. The van der Waals surface area contributed by atoms with E-state index in [0.717, 1.165) is 28.7 Å². The molecule has 0 radical (unpaired) electrons. The van der Waals surface area contributed by atoms with E-state index in [9.17, 15) is 9.18 Å². The number of thiazole rings is 1. The third-order valence-corrected chi connectivity index (χ3v) is 5.79. The molecule has 0 spiro atoms. The molecule has 0 bridgehead atoms. The van der Waals surface area contributed by atoms with Gasteiger partial charge in [0, 0.05) is 45.7 Å². The second-order valence-electron chi connectivity index (χ2n) is 6.99. The fraction of sp³-hybridized carbons (Fsp3) is 0.444. The van der Waals surface area contributed by atoms with Crippen molar-refractivity contribution in [2.75, 3.05) is 11.9 Å². The molecule has 2 unspecified atom stereocenters. The standard InChI is InChI=1S/C18H21FN6O2S/c1-10-6-12(27-17-13-7-21-24(3)14(13)4-5-20-17)8-25(10)9-15-16(19)23-18(28-15)22-11(2)26/h4-5,7,10,12H,6,8-9H2,1-3H3,(H,22,23,26).